The van der Waals surface area contributed by atoms with Gasteiger partial charge in [0.05, 0.1) is 5.60 Å². The molecule has 1 fully saturated rings. The Labute approximate surface area is 175 Å². The Bertz CT molecular complexity index is 781. The van der Waals surface area contributed by atoms with E-state index in [1.165, 1.54) is 0 Å². The van der Waals surface area contributed by atoms with Gasteiger partial charge in [0.15, 0.2) is 0 Å². The van der Waals surface area contributed by atoms with Crippen molar-refractivity contribution >= 4 is 5.91 Å². The molecule has 0 saturated heterocycles. The normalized spacial score (nSPS) is 22.3. The standard InChI is InChI=1S/C26H35NO2/c1-25(2,3)27(20-21-12-6-4-7-13-21)24(28)18-17-23-16-10-11-19-26(23,29)22-14-8-5-9-15-22/h4-9,12-15,23,29H,10-11,16-20H2,1-3H3/t23-,26-/m0/s1. The van der Waals surface area contributed by atoms with Gasteiger partial charge < -0.3 is 10.0 Å². The quantitative estimate of drug-likeness (QED) is 0.687. The number of hydrogen-bond donors (Lipinski definition) is 1. The van der Waals surface area contributed by atoms with Gasteiger partial charge in [-0.3, -0.25) is 4.79 Å². The van der Waals surface area contributed by atoms with Gasteiger partial charge in [-0.1, -0.05) is 73.5 Å². The fourth-order valence-electron chi connectivity index (χ4n) is 4.62. The largest absolute Gasteiger partial charge is 0.385 e. The number of benzene rings is 2. The number of hydrogen-bond acceptors (Lipinski definition) is 2. The molecule has 2 aromatic carbocycles. The topological polar surface area (TPSA) is 40.5 Å². The zero-order chi connectivity index (χ0) is 20.9. The van der Waals surface area contributed by atoms with Crippen LogP contribution in [0.3, 0.4) is 0 Å². The van der Waals surface area contributed by atoms with Gasteiger partial charge in [-0.25, -0.2) is 0 Å². The first kappa shape index (κ1) is 21.6. The number of aliphatic hydroxyl groups is 1. The van der Waals surface area contributed by atoms with Gasteiger partial charge >= 0.3 is 0 Å². The first-order chi connectivity index (χ1) is 13.8. The van der Waals surface area contributed by atoms with Crippen molar-refractivity contribution in [2.75, 3.05) is 0 Å². The van der Waals surface area contributed by atoms with Crippen LogP contribution in [0, 0.1) is 5.92 Å². The van der Waals surface area contributed by atoms with E-state index in [1.54, 1.807) is 0 Å². The highest BCUT2D eigenvalue weighted by molar-refractivity contribution is 5.77. The Balaban J connectivity index is 1.71. The minimum Gasteiger partial charge on any atom is -0.385 e. The van der Waals surface area contributed by atoms with E-state index in [0.29, 0.717) is 13.0 Å². The molecular formula is C26H35NO2. The first-order valence-electron chi connectivity index (χ1n) is 10.9. The Morgan fingerprint density at radius 2 is 1.66 bits per heavy atom. The van der Waals surface area contributed by atoms with Crippen LogP contribution in [0.25, 0.3) is 0 Å². The lowest BCUT2D eigenvalue weighted by molar-refractivity contribution is -0.138. The second-order valence-electron chi connectivity index (χ2n) is 9.41. The average Bonchev–Trinajstić information content (AvgIpc) is 2.72. The van der Waals surface area contributed by atoms with E-state index in [1.807, 2.05) is 53.4 Å². The molecule has 0 spiro atoms. The molecule has 1 N–H and O–H groups in total. The van der Waals surface area contributed by atoms with E-state index < -0.39 is 5.60 Å². The first-order valence-corrected chi connectivity index (χ1v) is 10.9. The van der Waals surface area contributed by atoms with Crippen LogP contribution >= 0.6 is 0 Å². The summed E-state index contributed by atoms with van der Waals surface area (Å²) in [7, 11) is 0. The summed E-state index contributed by atoms with van der Waals surface area (Å²) >= 11 is 0. The van der Waals surface area contributed by atoms with Crippen molar-refractivity contribution in [3.63, 3.8) is 0 Å². The monoisotopic (exact) mass is 393 g/mol. The molecule has 2 atom stereocenters. The maximum absolute atomic E-state index is 13.2. The average molecular weight is 394 g/mol. The minimum absolute atomic E-state index is 0.126. The van der Waals surface area contributed by atoms with Gasteiger partial charge in [-0.15, -0.1) is 0 Å². The van der Waals surface area contributed by atoms with Crippen molar-refractivity contribution in [2.45, 2.75) is 77.0 Å². The van der Waals surface area contributed by atoms with Crippen LogP contribution in [-0.4, -0.2) is 21.5 Å². The van der Waals surface area contributed by atoms with Crippen molar-refractivity contribution < 1.29 is 9.90 Å². The van der Waals surface area contributed by atoms with Crippen LogP contribution < -0.4 is 0 Å². The van der Waals surface area contributed by atoms with Crippen LogP contribution in [0.5, 0.6) is 0 Å². The number of nitrogens with zero attached hydrogens (tertiary/aromatic N) is 1. The molecule has 1 aliphatic rings. The molecule has 1 saturated carbocycles. The molecule has 3 rings (SSSR count). The Hall–Kier alpha value is -2.13. The second kappa shape index (κ2) is 9.13. The number of rotatable bonds is 6. The smallest absolute Gasteiger partial charge is 0.223 e. The Morgan fingerprint density at radius 1 is 1.03 bits per heavy atom. The highest BCUT2D eigenvalue weighted by atomic mass is 16.3. The lowest BCUT2D eigenvalue weighted by Gasteiger charge is -2.41. The molecule has 29 heavy (non-hydrogen) atoms. The molecule has 3 nitrogen and oxygen atoms in total. The summed E-state index contributed by atoms with van der Waals surface area (Å²) in [6, 6.07) is 20.2. The third-order valence-corrected chi connectivity index (χ3v) is 6.31. The molecule has 0 radical (unpaired) electrons. The Kier molecular flexibility index (Phi) is 6.79. The molecular weight excluding hydrogens is 358 g/mol. The minimum atomic E-state index is -0.814. The van der Waals surface area contributed by atoms with Crippen LogP contribution in [-0.2, 0) is 16.9 Å². The molecule has 0 heterocycles. The lowest BCUT2D eigenvalue weighted by Crippen LogP contribution is -2.45. The molecule has 0 aromatic heterocycles. The fraction of sp³-hybridized carbons (Fsp3) is 0.500. The number of carbonyl (C=O) groups is 1. The summed E-state index contributed by atoms with van der Waals surface area (Å²) in [5.41, 5.74) is 1.09. The van der Waals surface area contributed by atoms with Gasteiger partial charge in [-0.05, 0) is 57.1 Å². The lowest BCUT2D eigenvalue weighted by atomic mass is 9.69. The number of amides is 1. The van der Waals surface area contributed by atoms with Crippen molar-refractivity contribution in [2.24, 2.45) is 5.92 Å². The fourth-order valence-corrected chi connectivity index (χ4v) is 4.62. The highest BCUT2D eigenvalue weighted by Gasteiger charge is 2.40. The summed E-state index contributed by atoms with van der Waals surface area (Å²) in [6.07, 6.45) is 5.13. The predicted octanol–water partition coefficient (Wildman–Crippen LogP) is 5.67. The van der Waals surface area contributed by atoms with E-state index in [9.17, 15) is 9.90 Å². The van der Waals surface area contributed by atoms with Crippen molar-refractivity contribution in [3.8, 4) is 0 Å². The maximum atomic E-state index is 13.2. The van der Waals surface area contributed by atoms with E-state index in [0.717, 1.165) is 43.2 Å². The van der Waals surface area contributed by atoms with E-state index in [4.69, 9.17) is 0 Å². The molecule has 2 aromatic rings. The molecule has 156 valence electrons. The van der Waals surface area contributed by atoms with E-state index in [2.05, 4.69) is 32.9 Å². The second-order valence-corrected chi connectivity index (χ2v) is 9.41. The van der Waals surface area contributed by atoms with Crippen molar-refractivity contribution in [3.05, 3.63) is 71.8 Å². The van der Waals surface area contributed by atoms with Crippen molar-refractivity contribution in [1.29, 1.82) is 0 Å². The zero-order valence-corrected chi connectivity index (χ0v) is 18.1. The van der Waals surface area contributed by atoms with Crippen LogP contribution in [0.2, 0.25) is 0 Å². The van der Waals surface area contributed by atoms with Crippen LogP contribution in [0.4, 0.5) is 0 Å². The van der Waals surface area contributed by atoms with Gasteiger partial charge in [0.2, 0.25) is 5.91 Å². The summed E-state index contributed by atoms with van der Waals surface area (Å²) in [6.45, 7) is 6.90. The summed E-state index contributed by atoms with van der Waals surface area (Å²) < 4.78 is 0. The van der Waals surface area contributed by atoms with Crippen LogP contribution in [0.15, 0.2) is 60.7 Å². The van der Waals surface area contributed by atoms with Crippen molar-refractivity contribution in [1.82, 2.24) is 4.90 Å². The molecule has 1 aliphatic carbocycles. The van der Waals surface area contributed by atoms with E-state index >= 15 is 0 Å². The number of carbonyl (C=O) groups excluding carboxylic acids is 1. The molecule has 0 bridgehead atoms. The van der Waals surface area contributed by atoms with Gasteiger partial charge in [0.25, 0.3) is 0 Å². The molecule has 3 heteroatoms. The van der Waals surface area contributed by atoms with Gasteiger partial charge in [-0.2, -0.15) is 0 Å². The molecule has 1 amide bonds. The van der Waals surface area contributed by atoms with Gasteiger partial charge in [0.1, 0.15) is 0 Å². The summed E-state index contributed by atoms with van der Waals surface area (Å²) in [5, 5.41) is 11.5. The highest BCUT2D eigenvalue weighted by Crippen LogP contribution is 2.44. The maximum Gasteiger partial charge on any atom is 0.223 e. The SMILES string of the molecule is CC(C)(C)N(Cc1ccccc1)C(=O)CC[C@@H]1CCCC[C@]1(O)c1ccccc1. The van der Waals surface area contributed by atoms with Gasteiger partial charge in [0, 0.05) is 18.5 Å². The zero-order valence-electron chi connectivity index (χ0n) is 18.1. The van der Waals surface area contributed by atoms with Crippen LogP contribution in [0.1, 0.15) is 70.4 Å². The summed E-state index contributed by atoms with van der Waals surface area (Å²) in [5.74, 6) is 0.295. The van der Waals surface area contributed by atoms with E-state index in [-0.39, 0.29) is 17.4 Å². The summed E-state index contributed by atoms with van der Waals surface area (Å²) in [4.78, 5) is 15.2. The molecule has 0 aliphatic heterocycles. The molecule has 0 unspecified atom stereocenters. The predicted molar refractivity (Wildman–Crippen MR) is 118 cm³/mol. The Morgan fingerprint density at radius 3 is 2.28 bits per heavy atom. The third-order valence-electron chi connectivity index (χ3n) is 6.31. The third kappa shape index (κ3) is 5.27.